The van der Waals surface area contributed by atoms with Gasteiger partial charge in [0.2, 0.25) is 5.95 Å². The molecule has 1 unspecified atom stereocenters. The van der Waals surface area contributed by atoms with Crippen molar-refractivity contribution >= 4 is 11.6 Å². The van der Waals surface area contributed by atoms with Crippen molar-refractivity contribution in [3.05, 3.63) is 84.2 Å². The van der Waals surface area contributed by atoms with E-state index in [1.54, 1.807) is 12.4 Å². The summed E-state index contributed by atoms with van der Waals surface area (Å²) in [7, 11) is 4.36. The maximum Gasteiger partial charge on any atom is 0.222 e. The third-order valence-corrected chi connectivity index (χ3v) is 7.67. The smallest absolute Gasteiger partial charge is 0.222 e. The van der Waals surface area contributed by atoms with Crippen LogP contribution < -0.4 is 15.5 Å². The Morgan fingerprint density at radius 1 is 0.971 bits per heavy atom. The molecule has 34 heavy (non-hydrogen) atoms. The normalized spacial score (nSPS) is 26.8. The molecule has 1 saturated heterocycles. The fraction of sp³-hybridized carbons (Fsp3) is 0.407. The van der Waals surface area contributed by atoms with E-state index < -0.39 is 6.35 Å². The summed E-state index contributed by atoms with van der Waals surface area (Å²) in [5.74, 6) is 0.584. The molecule has 2 aromatic carbocycles. The zero-order chi connectivity index (χ0) is 23.6. The van der Waals surface area contributed by atoms with Crippen LogP contribution in [0.1, 0.15) is 36.8 Å². The molecule has 2 aliphatic rings. The fourth-order valence-corrected chi connectivity index (χ4v) is 5.57. The van der Waals surface area contributed by atoms with E-state index in [1.807, 2.05) is 23.1 Å². The molecule has 0 amide bonds. The summed E-state index contributed by atoms with van der Waals surface area (Å²) in [5.41, 5.74) is 3.30. The van der Waals surface area contributed by atoms with Gasteiger partial charge in [0.05, 0.1) is 18.1 Å². The number of aromatic nitrogens is 2. The molecule has 3 aromatic rings. The van der Waals surface area contributed by atoms with Crippen LogP contribution in [0.25, 0.3) is 0 Å². The number of aliphatic hydroxyl groups is 1. The molecule has 1 aliphatic carbocycles. The van der Waals surface area contributed by atoms with E-state index in [4.69, 9.17) is 0 Å². The predicted molar refractivity (Wildman–Crippen MR) is 135 cm³/mol. The van der Waals surface area contributed by atoms with Gasteiger partial charge < -0.3 is 15.3 Å². The van der Waals surface area contributed by atoms with Crippen LogP contribution in [0.4, 0.5) is 11.6 Å². The molecular formula is C27H34N6O. The van der Waals surface area contributed by atoms with Gasteiger partial charge in [0, 0.05) is 24.2 Å². The van der Waals surface area contributed by atoms with Crippen molar-refractivity contribution in [2.45, 2.75) is 49.7 Å². The molecule has 1 atom stereocenters. The van der Waals surface area contributed by atoms with E-state index in [-0.39, 0.29) is 11.1 Å². The second-order valence-corrected chi connectivity index (χ2v) is 9.82. The van der Waals surface area contributed by atoms with Crippen molar-refractivity contribution in [3.63, 3.8) is 0 Å². The molecule has 0 radical (unpaired) electrons. The maximum absolute atomic E-state index is 10.9. The first kappa shape index (κ1) is 22.8. The van der Waals surface area contributed by atoms with Gasteiger partial charge in [-0.05, 0) is 50.9 Å². The molecule has 1 aliphatic heterocycles. The monoisotopic (exact) mass is 458 g/mol. The van der Waals surface area contributed by atoms with Crippen molar-refractivity contribution in [2.75, 3.05) is 30.9 Å². The third-order valence-electron chi connectivity index (χ3n) is 7.67. The first-order chi connectivity index (χ1) is 16.5. The molecule has 1 spiro atoms. The second-order valence-electron chi connectivity index (χ2n) is 9.82. The lowest BCUT2D eigenvalue weighted by Crippen LogP contribution is -2.54. The van der Waals surface area contributed by atoms with Crippen molar-refractivity contribution in [2.24, 2.45) is 0 Å². The van der Waals surface area contributed by atoms with Crippen LogP contribution in [0.5, 0.6) is 0 Å². The Hall–Kier alpha value is -3.00. The number of nitrogens with zero attached hydrogens (tertiary/aromatic N) is 4. The molecule has 178 valence electrons. The summed E-state index contributed by atoms with van der Waals surface area (Å²) in [6.45, 7) is 1.42. The summed E-state index contributed by atoms with van der Waals surface area (Å²) in [5, 5.41) is 17.6. The van der Waals surface area contributed by atoms with Crippen molar-refractivity contribution in [1.29, 1.82) is 0 Å². The van der Waals surface area contributed by atoms with Crippen LogP contribution in [0.2, 0.25) is 0 Å². The Kier molecular flexibility index (Phi) is 6.25. The van der Waals surface area contributed by atoms with Crippen molar-refractivity contribution < 1.29 is 5.11 Å². The molecular weight excluding hydrogens is 424 g/mol. The highest BCUT2D eigenvalue weighted by Gasteiger charge is 2.50. The van der Waals surface area contributed by atoms with Crippen LogP contribution in [0.3, 0.4) is 0 Å². The zero-order valence-corrected chi connectivity index (χ0v) is 20.0. The first-order valence-electron chi connectivity index (χ1n) is 12.1. The highest BCUT2D eigenvalue weighted by atomic mass is 16.3. The lowest BCUT2D eigenvalue weighted by Gasteiger charge is -2.49. The number of nitrogens with one attached hydrogen (secondary N) is 2. The first-order valence-corrected chi connectivity index (χ1v) is 12.1. The zero-order valence-electron chi connectivity index (χ0n) is 20.0. The number of benzene rings is 2. The fourth-order valence-electron chi connectivity index (χ4n) is 5.57. The summed E-state index contributed by atoms with van der Waals surface area (Å²) in [4.78, 5) is 13.3. The Balaban J connectivity index is 1.24. The Morgan fingerprint density at radius 3 is 2.21 bits per heavy atom. The minimum atomic E-state index is -0.740. The van der Waals surface area contributed by atoms with Gasteiger partial charge in [0.25, 0.3) is 0 Å². The number of hydrogen-bond acceptors (Lipinski definition) is 7. The summed E-state index contributed by atoms with van der Waals surface area (Å²) >= 11 is 0. The van der Waals surface area contributed by atoms with E-state index in [2.05, 4.69) is 82.1 Å². The van der Waals surface area contributed by atoms with Gasteiger partial charge in [-0.1, -0.05) is 60.7 Å². The number of rotatable bonds is 6. The standard InChI is InChI=1S/C27H34N6O/c1-32(2)27(22-11-7-4-8-12-22)15-13-26(14-16-27)20-33(25(34)31-26)23-18-29-24(30-19-23)28-17-21-9-5-3-6-10-21/h3-12,18-19,25,31,34H,13-17,20H2,1-2H3,(H,28,29,30)/t25?,26-,27+. The lowest BCUT2D eigenvalue weighted by molar-refractivity contribution is 0.0513. The van der Waals surface area contributed by atoms with Crippen molar-refractivity contribution in [1.82, 2.24) is 20.2 Å². The molecule has 7 nitrogen and oxygen atoms in total. The molecule has 5 rings (SSSR count). The molecule has 0 bridgehead atoms. The lowest BCUT2D eigenvalue weighted by atomic mass is 9.69. The number of anilines is 2. The van der Waals surface area contributed by atoms with Gasteiger partial charge in [-0.15, -0.1) is 0 Å². The van der Waals surface area contributed by atoms with E-state index in [1.165, 1.54) is 11.1 Å². The predicted octanol–water partition coefficient (Wildman–Crippen LogP) is 3.54. The Labute approximate surface area is 201 Å². The summed E-state index contributed by atoms with van der Waals surface area (Å²) < 4.78 is 0. The number of aliphatic hydroxyl groups excluding tert-OH is 1. The van der Waals surface area contributed by atoms with Crippen LogP contribution >= 0.6 is 0 Å². The SMILES string of the molecule is CN(C)[C@]1(c2ccccc2)CC[C@]2(CC1)CN(c1cnc(NCc3ccccc3)nc1)C(O)N2. The van der Waals surface area contributed by atoms with Gasteiger partial charge in [-0.25, -0.2) is 9.97 Å². The van der Waals surface area contributed by atoms with E-state index in [0.717, 1.165) is 37.9 Å². The number of hydrogen-bond donors (Lipinski definition) is 3. The molecule has 2 fully saturated rings. The van der Waals surface area contributed by atoms with Crippen LogP contribution in [0.15, 0.2) is 73.1 Å². The maximum atomic E-state index is 10.9. The molecule has 3 N–H and O–H groups in total. The van der Waals surface area contributed by atoms with E-state index in [9.17, 15) is 5.11 Å². The Morgan fingerprint density at radius 2 is 1.59 bits per heavy atom. The average molecular weight is 459 g/mol. The van der Waals surface area contributed by atoms with Gasteiger partial charge in [-0.3, -0.25) is 10.2 Å². The molecule has 7 heteroatoms. The average Bonchev–Trinajstić information content (AvgIpc) is 3.20. The minimum Gasteiger partial charge on any atom is -0.361 e. The molecule has 1 saturated carbocycles. The van der Waals surface area contributed by atoms with E-state index >= 15 is 0 Å². The van der Waals surface area contributed by atoms with Crippen LogP contribution in [0, 0.1) is 0 Å². The topological polar surface area (TPSA) is 76.5 Å². The summed E-state index contributed by atoms with van der Waals surface area (Å²) in [6.07, 6.45) is 6.90. The minimum absolute atomic E-state index is 0.0295. The second kappa shape index (κ2) is 9.33. The largest absolute Gasteiger partial charge is 0.361 e. The van der Waals surface area contributed by atoms with Gasteiger partial charge in [-0.2, -0.15) is 0 Å². The Bertz CT molecular complexity index is 1070. The van der Waals surface area contributed by atoms with E-state index in [0.29, 0.717) is 12.5 Å². The van der Waals surface area contributed by atoms with Gasteiger partial charge >= 0.3 is 0 Å². The third kappa shape index (κ3) is 4.39. The molecule has 1 aromatic heterocycles. The van der Waals surface area contributed by atoms with Crippen LogP contribution in [-0.2, 0) is 12.1 Å². The van der Waals surface area contributed by atoms with Gasteiger partial charge in [0.15, 0.2) is 6.35 Å². The quantitative estimate of drug-likeness (QED) is 0.522. The van der Waals surface area contributed by atoms with Gasteiger partial charge in [0.1, 0.15) is 0 Å². The highest BCUT2D eigenvalue weighted by molar-refractivity contribution is 5.47. The van der Waals surface area contributed by atoms with Crippen LogP contribution in [-0.4, -0.2) is 52.5 Å². The van der Waals surface area contributed by atoms with Crippen molar-refractivity contribution in [3.8, 4) is 0 Å². The highest BCUT2D eigenvalue weighted by Crippen LogP contribution is 2.46. The summed E-state index contributed by atoms with van der Waals surface area (Å²) in [6, 6.07) is 21.0. The molecule has 2 heterocycles.